The maximum absolute atomic E-state index is 12.4. The van der Waals surface area contributed by atoms with E-state index in [2.05, 4.69) is 24.0 Å². The number of carbonyl (C=O) groups is 1. The Kier molecular flexibility index (Phi) is 5.24. The molecule has 20 heavy (non-hydrogen) atoms. The van der Waals surface area contributed by atoms with E-state index in [1.54, 1.807) is 12.1 Å². The quantitative estimate of drug-likeness (QED) is 0.805. The van der Waals surface area contributed by atoms with Crippen LogP contribution >= 0.6 is 23.2 Å². The van der Waals surface area contributed by atoms with Crippen LogP contribution in [0.4, 0.5) is 0 Å². The zero-order chi connectivity index (χ0) is 14.7. The zero-order valence-electron chi connectivity index (χ0n) is 11.8. The molecule has 2 rings (SSSR count). The smallest absolute Gasteiger partial charge is 0.274 e. The summed E-state index contributed by atoms with van der Waals surface area (Å²) >= 11 is 11.9. The van der Waals surface area contributed by atoms with Crippen molar-refractivity contribution in [3.8, 4) is 0 Å². The van der Waals surface area contributed by atoms with Crippen molar-refractivity contribution in [2.24, 2.45) is 5.92 Å². The molecular weight excluding hydrogens is 297 g/mol. The Morgan fingerprint density at radius 3 is 2.60 bits per heavy atom. The second kappa shape index (κ2) is 6.74. The molecule has 0 bridgehead atoms. The Morgan fingerprint density at radius 2 is 2.00 bits per heavy atom. The Labute approximate surface area is 129 Å². The molecule has 0 aliphatic carbocycles. The first kappa shape index (κ1) is 15.5. The third-order valence-electron chi connectivity index (χ3n) is 3.54. The lowest BCUT2D eigenvalue weighted by Gasteiger charge is -2.33. The Morgan fingerprint density at radius 1 is 1.35 bits per heavy atom. The van der Waals surface area contributed by atoms with Gasteiger partial charge in [0.15, 0.2) is 0 Å². The number of hydrogen-bond donors (Lipinski definition) is 0. The Hall–Kier alpha value is -0.840. The molecule has 4 nitrogen and oxygen atoms in total. The number of pyridine rings is 1. The van der Waals surface area contributed by atoms with Gasteiger partial charge in [-0.1, -0.05) is 23.2 Å². The Balaban J connectivity index is 2.00. The summed E-state index contributed by atoms with van der Waals surface area (Å²) in [6.07, 6.45) is 2.03. The molecule has 110 valence electrons. The van der Waals surface area contributed by atoms with Crippen molar-refractivity contribution in [1.82, 2.24) is 14.8 Å². The first-order valence-corrected chi connectivity index (χ1v) is 7.49. The summed E-state index contributed by atoms with van der Waals surface area (Å²) in [4.78, 5) is 20.5. The van der Waals surface area contributed by atoms with Crippen LogP contribution in [0.25, 0.3) is 0 Å². The predicted molar refractivity (Wildman–Crippen MR) is 81.4 cm³/mol. The molecule has 2 heterocycles. The molecule has 0 unspecified atom stereocenters. The van der Waals surface area contributed by atoms with Gasteiger partial charge in [-0.25, -0.2) is 4.98 Å². The van der Waals surface area contributed by atoms with E-state index in [9.17, 15) is 4.79 Å². The number of hydrogen-bond acceptors (Lipinski definition) is 3. The van der Waals surface area contributed by atoms with Crippen molar-refractivity contribution < 1.29 is 4.79 Å². The fourth-order valence-electron chi connectivity index (χ4n) is 2.55. The van der Waals surface area contributed by atoms with Crippen molar-refractivity contribution in [3.63, 3.8) is 0 Å². The van der Waals surface area contributed by atoms with Crippen LogP contribution in [0, 0.1) is 5.92 Å². The van der Waals surface area contributed by atoms with E-state index in [1.165, 1.54) is 0 Å². The van der Waals surface area contributed by atoms with Crippen molar-refractivity contribution in [1.29, 1.82) is 0 Å². The molecule has 1 aliphatic heterocycles. The third-order valence-corrected chi connectivity index (χ3v) is 4.06. The van der Waals surface area contributed by atoms with Gasteiger partial charge in [-0.2, -0.15) is 0 Å². The van der Waals surface area contributed by atoms with Crippen molar-refractivity contribution in [3.05, 3.63) is 28.0 Å². The second-order valence-electron chi connectivity index (χ2n) is 5.46. The van der Waals surface area contributed by atoms with E-state index >= 15 is 0 Å². The van der Waals surface area contributed by atoms with E-state index in [0.29, 0.717) is 16.1 Å². The van der Waals surface area contributed by atoms with Gasteiger partial charge >= 0.3 is 0 Å². The molecule has 6 heteroatoms. The minimum atomic E-state index is -0.124. The van der Waals surface area contributed by atoms with Crippen molar-refractivity contribution in [2.45, 2.75) is 12.8 Å². The standard InChI is InChI=1S/C14H19Cl2N3O/c1-18(2)9-10-5-7-19(8-6-10)14(20)13-11(15)3-4-12(16)17-13/h3-4,10H,5-9H2,1-2H3. The van der Waals surface area contributed by atoms with Crippen molar-refractivity contribution >= 4 is 29.1 Å². The topological polar surface area (TPSA) is 36.4 Å². The summed E-state index contributed by atoms with van der Waals surface area (Å²) < 4.78 is 0. The number of halogens is 2. The van der Waals surface area contributed by atoms with Crippen molar-refractivity contribution in [2.75, 3.05) is 33.7 Å². The number of likely N-dealkylation sites (tertiary alicyclic amines) is 1. The van der Waals surface area contributed by atoms with Gasteiger partial charge in [-0.15, -0.1) is 0 Å². The van der Waals surface area contributed by atoms with Crippen LogP contribution in [0.1, 0.15) is 23.3 Å². The summed E-state index contributed by atoms with van der Waals surface area (Å²) in [5.74, 6) is 0.526. The number of nitrogens with zero attached hydrogens (tertiary/aromatic N) is 3. The Bertz CT molecular complexity index is 485. The number of rotatable bonds is 3. The molecule has 0 saturated carbocycles. The minimum absolute atomic E-state index is 0.124. The van der Waals surface area contributed by atoms with Crippen LogP contribution in [-0.2, 0) is 0 Å². The highest BCUT2D eigenvalue weighted by molar-refractivity contribution is 6.34. The first-order chi connectivity index (χ1) is 9.47. The largest absolute Gasteiger partial charge is 0.337 e. The molecule has 1 amide bonds. The monoisotopic (exact) mass is 315 g/mol. The molecule has 1 fully saturated rings. The molecule has 0 spiro atoms. The first-order valence-electron chi connectivity index (χ1n) is 6.73. The van der Waals surface area contributed by atoms with Gasteiger partial charge in [0.05, 0.1) is 5.02 Å². The highest BCUT2D eigenvalue weighted by Gasteiger charge is 2.26. The molecule has 1 saturated heterocycles. The van der Waals surface area contributed by atoms with E-state index in [0.717, 1.165) is 32.5 Å². The molecule has 1 aliphatic rings. The van der Waals surface area contributed by atoms with E-state index in [1.807, 2.05) is 4.90 Å². The normalized spacial score (nSPS) is 16.8. The van der Waals surface area contributed by atoms with Gasteiger partial charge in [0.25, 0.3) is 5.91 Å². The minimum Gasteiger partial charge on any atom is -0.337 e. The fraction of sp³-hybridized carbons (Fsp3) is 0.571. The third kappa shape index (κ3) is 3.84. The van der Waals surface area contributed by atoms with Crippen LogP contribution in [0.2, 0.25) is 10.2 Å². The molecule has 0 aromatic carbocycles. The van der Waals surface area contributed by atoms with Gasteiger partial charge < -0.3 is 9.80 Å². The molecule has 1 aromatic heterocycles. The molecule has 0 N–H and O–H groups in total. The van der Waals surface area contributed by atoms with Gasteiger partial charge in [0, 0.05) is 19.6 Å². The highest BCUT2D eigenvalue weighted by Crippen LogP contribution is 2.23. The highest BCUT2D eigenvalue weighted by atomic mass is 35.5. The number of amides is 1. The number of carbonyl (C=O) groups excluding carboxylic acids is 1. The zero-order valence-corrected chi connectivity index (χ0v) is 13.3. The maximum atomic E-state index is 12.4. The summed E-state index contributed by atoms with van der Waals surface area (Å²) in [6, 6.07) is 3.20. The lowest BCUT2D eigenvalue weighted by molar-refractivity contribution is 0.0672. The predicted octanol–water partition coefficient (Wildman–Crippen LogP) is 2.80. The van der Waals surface area contributed by atoms with Gasteiger partial charge in [0.1, 0.15) is 10.8 Å². The van der Waals surface area contributed by atoms with Gasteiger partial charge in [-0.05, 0) is 45.0 Å². The van der Waals surface area contributed by atoms with Gasteiger partial charge in [0.2, 0.25) is 0 Å². The molecule has 0 atom stereocenters. The molecule has 1 aromatic rings. The summed E-state index contributed by atoms with van der Waals surface area (Å²) in [7, 11) is 4.15. The maximum Gasteiger partial charge on any atom is 0.274 e. The SMILES string of the molecule is CN(C)CC1CCN(C(=O)c2nc(Cl)ccc2Cl)CC1. The van der Waals surface area contributed by atoms with Crippen LogP contribution in [0.15, 0.2) is 12.1 Å². The van der Waals surface area contributed by atoms with Crippen LogP contribution in [-0.4, -0.2) is 54.4 Å². The van der Waals surface area contributed by atoms with E-state index < -0.39 is 0 Å². The number of piperidine rings is 1. The summed E-state index contributed by atoms with van der Waals surface area (Å²) in [5, 5.41) is 0.648. The average Bonchev–Trinajstić information content (AvgIpc) is 2.41. The molecular formula is C14H19Cl2N3O. The van der Waals surface area contributed by atoms with Crippen LogP contribution < -0.4 is 0 Å². The van der Waals surface area contributed by atoms with Crippen LogP contribution in [0.3, 0.4) is 0 Å². The summed E-state index contributed by atoms with van der Waals surface area (Å²) in [5.41, 5.74) is 0.255. The lowest BCUT2D eigenvalue weighted by atomic mass is 9.96. The fourth-order valence-corrected chi connectivity index (χ4v) is 2.89. The summed E-state index contributed by atoms with van der Waals surface area (Å²) in [6.45, 7) is 2.57. The van der Waals surface area contributed by atoms with Gasteiger partial charge in [-0.3, -0.25) is 4.79 Å². The van der Waals surface area contributed by atoms with Crippen LogP contribution in [0.5, 0.6) is 0 Å². The van der Waals surface area contributed by atoms with E-state index in [4.69, 9.17) is 23.2 Å². The second-order valence-corrected chi connectivity index (χ2v) is 6.26. The lowest BCUT2D eigenvalue weighted by Crippen LogP contribution is -2.41. The number of aromatic nitrogens is 1. The molecule has 0 radical (unpaired) electrons. The average molecular weight is 316 g/mol. The van der Waals surface area contributed by atoms with E-state index in [-0.39, 0.29) is 11.6 Å².